The molecule has 1 aliphatic rings. The zero-order valence-corrected chi connectivity index (χ0v) is 28.2. The van der Waals surface area contributed by atoms with E-state index in [2.05, 4.69) is 14.8 Å². The van der Waals surface area contributed by atoms with Crippen molar-refractivity contribution in [1.29, 1.82) is 0 Å². The molecule has 10 nitrogen and oxygen atoms in total. The molecule has 0 aromatic heterocycles. The third-order valence-corrected chi connectivity index (χ3v) is 11.3. The lowest BCUT2D eigenvalue weighted by molar-refractivity contribution is 0.102. The van der Waals surface area contributed by atoms with Crippen LogP contribution in [0.4, 0.5) is 22.7 Å². The summed E-state index contributed by atoms with van der Waals surface area (Å²) >= 11 is 6.19. The molecule has 0 atom stereocenters. The molecule has 0 radical (unpaired) electrons. The first-order valence-corrected chi connectivity index (χ1v) is 17.9. The lowest BCUT2D eigenvalue weighted by Gasteiger charge is -2.31. The normalized spacial score (nSPS) is 13.7. The predicted octanol–water partition coefficient (Wildman–Crippen LogP) is 6.26. The molecular formula is C33H35ClN4O6S2. The Balaban J connectivity index is 1.51. The van der Waals surface area contributed by atoms with Crippen LogP contribution in [0, 0.1) is 27.7 Å². The molecule has 1 amide bonds. The van der Waals surface area contributed by atoms with Crippen molar-refractivity contribution in [1.82, 2.24) is 0 Å². The van der Waals surface area contributed by atoms with Crippen LogP contribution >= 0.6 is 11.6 Å². The number of carbonyl (C=O) groups excluding carboxylic acids is 1. The van der Waals surface area contributed by atoms with Gasteiger partial charge < -0.3 is 15.0 Å². The van der Waals surface area contributed by atoms with E-state index in [1.54, 1.807) is 56.3 Å². The third kappa shape index (κ3) is 7.00. The van der Waals surface area contributed by atoms with Crippen LogP contribution in [-0.4, -0.2) is 49.0 Å². The van der Waals surface area contributed by atoms with Crippen molar-refractivity contribution >= 4 is 60.3 Å². The fourth-order valence-electron chi connectivity index (χ4n) is 5.35. The fraction of sp³-hybridized carbons (Fsp3) is 0.242. The number of halogens is 1. The summed E-state index contributed by atoms with van der Waals surface area (Å²) in [4.78, 5) is 15.9. The highest BCUT2D eigenvalue weighted by atomic mass is 35.5. The number of hydrogen-bond donors (Lipinski definition) is 3. The van der Waals surface area contributed by atoms with Crippen molar-refractivity contribution in [3.63, 3.8) is 0 Å². The van der Waals surface area contributed by atoms with Crippen LogP contribution < -0.4 is 19.7 Å². The molecule has 1 saturated heterocycles. The van der Waals surface area contributed by atoms with Gasteiger partial charge in [-0.15, -0.1) is 0 Å². The van der Waals surface area contributed by atoms with Gasteiger partial charge in [-0.1, -0.05) is 41.9 Å². The van der Waals surface area contributed by atoms with Gasteiger partial charge in [0.25, 0.3) is 26.0 Å². The maximum absolute atomic E-state index is 13.9. The van der Waals surface area contributed by atoms with Gasteiger partial charge in [-0.05, 0) is 92.4 Å². The maximum Gasteiger partial charge on any atom is 0.262 e. The number of amides is 1. The number of ether oxygens (including phenoxy) is 1. The SMILES string of the molecule is Cc1cc(C)c(C)c(S(=O)(=O)Nc2ccccc2C(=O)Nc2cc(S(=O)(=O)Nc3ccccc3Cl)ccc2N2CCOCC2)c1C. The first-order chi connectivity index (χ1) is 21.8. The Morgan fingerprint density at radius 3 is 1.98 bits per heavy atom. The van der Waals surface area contributed by atoms with Gasteiger partial charge in [0.05, 0.1) is 56.3 Å². The van der Waals surface area contributed by atoms with Crippen LogP contribution in [0.1, 0.15) is 32.6 Å². The van der Waals surface area contributed by atoms with Gasteiger partial charge in [0, 0.05) is 13.1 Å². The highest BCUT2D eigenvalue weighted by molar-refractivity contribution is 7.93. The minimum absolute atomic E-state index is 0.0566. The monoisotopic (exact) mass is 682 g/mol. The molecule has 13 heteroatoms. The van der Waals surface area contributed by atoms with Crippen molar-refractivity contribution in [3.05, 3.63) is 106 Å². The Kier molecular flexibility index (Phi) is 9.64. The molecule has 242 valence electrons. The molecule has 0 spiro atoms. The van der Waals surface area contributed by atoms with Gasteiger partial charge in [0.15, 0.2) is 0 Å². The van der Waals surface area contributed by atoms with Crippen molar-refractivity contribution in [3.8, 4) is 0 Å². The van der Waals surface area contributed by atoms with E-state index in [0.29, 0.717) is 43.1 Å². The smallest absolute Gasteiger partial charge is 0.262 e. The van der Waals surface area contributed by atoms with Gasteiger partial charge in [-0.3, -0.25) is 14.2 Å². The molecule has 4 aromatic carbocycles. The summed E-state index contributed by atoms with van der Waals surface area (Å²) in [6.45, 7) is 9.19. The topological polar surface area (TPSA) is 134 Å². The third-order valence-electron chi connectivity index (χ3n) is 7.98. The predicted molar refractivity (Wildman–Crippen MR) is 182 cm³/mol. The summed E-state index contributed by atoms with van der Waals surface area (Å²) in [5.41, 5.74) is 4.08. The van der Waals surface area contributed by atoms with Gasteiger partial charge in [-0.2, -0.15) is 0 Å². The molecule has 1 fully saturated rings. The molecule has 0 saturated carbocycles. The molecule has 3 N–H and O–H groups in total. The molecule has 1 aliphatic heterocycles. The number of morpholine rings is 1. The van der Waals surface area contributed by atoms with Gasteiger partial charge in [-0.25, -0.2) is 16.8 Å². The van der Waals surface area contributed by atoms with Gasteiger partial charge in [0.2, 0.25) is 0 Å². The second-order valence-electron chi connectivity index (χ2n) is 11.1. The van der Waals surface area contributed by atoms with Crippen LogP contribution in [0.5, 0.6) is 0 Å². The molecule has 5 rings (SSSR count). The minimum Gasteiger partial charge on any atom is -0.378 e. The van der Waals surface area contributed by atoms with E-state index in [1.807, 2.05) is 24.8 Å². The van der Waals surface area contributed by atoms with E-state index in [9.17, 15) is 21.6 Å². The highest BCUT2D eigenvalue weighted by Crippen LogP contribution is 2.33. The van der Waals surface area contributed by atoms with Gasteiger partial charge in [0.1, 0.15) is 0 Å². The number of sulfonamides is 2. The molecule has 1 heterocycles. The fourth-order valence-corrected chi connectivity index (χ4v) is 8.39. The first-order valence-electron chi connectivity index (χ1n) is 14.5. The summed E-state index contributed by atoms with van der Waals surface area (Å²) < 4.78 is 64.9. The number of hydrogen-bond acceptors (Lipinski definition) is 7. The van der Waals surface area contributed by atoms with E-state index < -0.39 is 26.0 Å². The maximum atomic E-state index is 13.9. The standard InChI is InChI=1S/C33H35ClN4O6S2/c1-21-19-22(2)24(4)32(23(21)3)46(42,43)36-28-11-7-5-9-26(28)33(39)35-30-20-25(13-14-31(30)38-15-17-44-18-16-38)45(40,41)37-29-12-8-6-10-27(29)34/h5-14,19-20,36-37H,15-18H2,1-4H3,(H,35,39). The number of nitrogens with one attached hydrogen (secondary N) is 3. The quantitative estimate of drug-likeness (QED) is 0.190. The molecule has 0 aliphatic carbocycles. The Morgan fingerprint density at radius 2 is 1.33 bits per heavy atom. The molecule has 0 bridgehead atoms. The second kappa shape index (κ2) is 13.3. The molecule has 46 heavy (non-hydrogen) atoms. The van der Waals surface area contributed by atoms with E-state index in [1.165, 1.54) is 24.3 Å². The number of para-hydroxylation sites is 2. The Morgan fingerprint density at radius 1 is 0.739 bits per heavy atom. The zero-order chi connectivity index (χ0) is 33.2. The summed E-state index contributed by atoms with van der Waals surface area (Å²) in [6, 6.07) is 19.1. The summed E-state index contributed by atoms with van der Waals surface area (Å²) in [6.07, 6.45) is 0. The van der Waals surface area contributed by atoms with Crippen LogP contribution in [0.2, 0.25) is 5.02 Å². The van der Waals surface area contributed by atoms with Gasteiger partial charge >= 0.3 is 0 Å². The first kappa shape index (κ1) is 33.3. The Bertz CT molecular complexity index is 2000. The number of nitrogens with zero attached hydrogens (tertiary/aromatic N) is 1. The number of carbonyl (C=O) groups is 1. The number of benzene rings is 4. The number of anilines is 4. The van der Waals surface area contributed by atoms with Crippen molar-refractivity contribution in [2.45, 2.75) is 37.5 Å². The highest BCUT2D eigenvalue weighted by Gasteiger charge is 2.26. The van der Waals surface area contributed by atoms with E-state index in [-0.39, 0.29) is 37.4 Å². The van der Waals surface area contributed by atoms with E-state index in [0.717, 1.165) is 11.1 Å². The van der Waals surface area contributed by atoms with E-state index in [4.69, 9.17) is 16.3 Å². The minimum atomic E-state index is -4.10. The lowest BCUT2D eigenvalue weighted by Crippen LogP contribution is -2.37. The lowest BCUT2D eigenvalue weighted by atomic mass is 10.0. The summed E-state index contributed by atoms with van der Waals surface area (Å²) in [7, 11) is -8.19. The van der Waals surface area contributed by atoms with E-state index >= 15 is 0 Å². The average Bonchev–Trinajstić information content (AvgIpc) is 3.01. The van der Waals surface area contributed by atoms with Crippen LogP contribution in [-0.2, 0) is 24.8 Å². The Hall–Kier alpha value is -4.10. The molecular weight excluding hydrogens is 648 g/mol. The summed E-state index contributed by atoms with van der Waals surface area (Å²) in [5, 5.41) is 3.08. The molecule has 0 unspecified atom stereocenters. The van der Waals surface area contributed by atoms with Crippen LogP contribution in [0.15, 0.2) is 82.6 Å². The van der Waals surface area contributed by atoms with Crippen molar-refractivity contribution < 1.29 is 26.4 Å². The van der Waals surface area contributed by atoms with Crippen molar-refractivity contribution in [2.24, 2.45) is 0 Å². The summed E-state index contributed by atoms with van der Waals surface area (Å²) in [5.74, 6) is -0.629. The number of aryl methyl sites for hydroxylation is 2. The van der Waals surface area contributed by atoms with Crippen LogP contribution in [0.3, 0.4) is 0 Å². The number of rotatable bonds is 9. The van der Waals surface area contributed by atoms with Crippen molar-refractivity contribution in [2.75, 3.05) is 46.0 Å². The largest absolute Gasteiger partial charge is 0.378 e. The molecule has 4 aromatic rings. The van der Waals surface area contributed by atoms with Crippen LogP contribution in [0.25, 0.3) is 0 Å². The second-order valence-corrected chi connectivity index (χ2v) is 14.8. The Labute approximate surface area is 274 Å². The zero-order valence-electron chi connectivity index (χ0n) is 25.8. The average molecular weight is 683 g/mol.